The van der Waals surface area contributed by atoms with Crippen molar-refractivity contribution in [2.45, 2.75) is 32.1 Å². The number of rotatable bonds is 4. The van der Waals surface area contributed by atoms with Gasteiger partial charge in [-0.25, -0.2) is 9.78 Å². The Bertz CT molecular complexity index is 1670. The topological polar surface area (TPSA) is 98.5 Å². The van der Waals surface area contributed by atoms with Crippen LogP contribution in [0, 0.1) is 0 Å². The maximum Gasteiger partial charge on any atom is 0.343 e. The lowest BCUT2D eigenvalue weighted by Gasteiger charge is -2.31. The van der Waals surface area contributed by atoms with Gasteiger partial charge >= 0.3 is 5.97 Å². The van der Waals surface area contributed by atoms with Crippen molar-refractivity contribution in [3.63, 3.8) is 0 Å². The van der Waals surface area contributed by atoms with Crippen LogP contribution in [0.25, 0.3) is 28.4 Å². The second kappa shape index (κ2) is 8.10. The second-order valence-electron chi connectivity index (χ2n) is 9.08. The average Bonchev–Trinajstić information content (AvgIpc) is 3.27. The number of aliphatic hydroxyl groups is 1. The van der Waals surface area contributed by atoms with Crippen molar-refractivity contribution in [2.24, 2.45) is 0 Å². The van der Waals surface area contributed by atoms with E-state index in [4.69, 9.17) is 9.72 Å². The number of allylic oxidation sites excluding steroid dienone is 1. The zero-order chi connectivity index (χ0) is 25.0. The van der Waals surface area contributed by atoms with E-state index in [0.717, 1.165) is 16.5 Å². The zero-order valence-corrected chi connectivity index (χ0v) is 19.5. The quantitative estimate of drug-likeness (QED) is 0.238. The van der Waals surface area contributed by atoms with Crippen LogP contribution in [0.5, 0.6) is 0 Å². The van der Waals surface area contributed by atoms with Crippen LogP contribution in [0.4, 0.5) is 0 Å². The number of benzene rings is 2. The molecule has 178 valence electrons. The Balaban J connectivity index is 1.48. The Morgan fingerprint density at radius 2 is 1.94 bits per heavy atom. The fraction of sp³-hybridized carbons (Fsp3) is 0.172. The van der Waals surface area contributed by atoms with Crippen molar-refractivity contribution in [1.29, 1.82) is 0 Å². The van der Waals surface area contributed by atoms with E-state index in [9.17, 15) is 19.5 Å². The molecule has 4 heterocycles. The van der Waals surface area contributed by atoms with Crippen LogP contribution in [0.2, 0.25) is 0 Å². The smallest absolute Gasteiger partial charge is 0.343 e. The third kappa shape index (κ3) is 3.24. The highest BCUT2D eigenvalue weighted by Crippen LogP contribution is 2.38. The van der Waals surface area contributed by atoms with Gasteiger partial charge in [-0.05, 0) is 30.7 Å². The molecule has 1 atom stereocenters. The molecule has 0 fully saturated rings. The van der Waals surface area contributed by atoms with Crippen LogP contribution in [0.15, 0.2) is 71.5 Å². The number of aromatic nitrogens is 2. The predicted octanol–water partition coefficient (Wildman–Crippen LogP) is 3.98. The number of hydrogen-bond acceptors (Lipinski definition) is 6. The highest BCUT2D eigenvalue weighted by Gasteiger charge is 2.45. The molecule has 0 bridgehead atoms. The predicted molar refractivity (Wildman–Crippen MR) is 134 cm³/mol. The number of pyridine rings is 2. The van der Waals surface area contributed by atoms with E-state index in [0.29, 0.717) is 34.6 Å². The number of nitrogens with zero attached hydrogens (tertiary/aromatic N) is 2. The summed E-state index contributed by atoms with van der Waals surface area (Å²) in [4.78, 5) is 43.2. The summed E-state index contributed by atoms with van der Waals surface area (Å²) in [6.07, 6.45) is 3.36. The van der Waals surface area contributed by atoms with E-state index >= 15 is 0 Å². The lowest BCUT2D eigenvalue weighted by molar-refractivity contribution is -0.172. The molecule has 1 N–H and O–H groups in total. The van der Waals surface area contributed by atoms with Gasteiger partial charge in [0.2, 0.25) is 0 Å². The molecule has 2 aliphatic rings. The Kier molecular flexibility index (Phi) is 4.98. The Hall–Kier alpha value is -4.36. The number of carbonyl (C=O) groups is 2. The molecule has 7 nitrogen and oxygen atoms in total. The number of ether oxygens (including phenoxy) is 1. The molecule has 0 radical (unpaired) electrons. The van der Waals surface area contributed by atoms with Crippen LogP contribution in [0.1, 0.15) is 46.0 Å². The lowest BCUT2D eigenvalue weighted by Crippen LogP contribution is -2.44. The minimum Gasteiger partial charge on any atom is -0.458 e. The molecule has 0 saturated heterocycles. The average molecular weight is 479 g/mol. The molecular formula is C29H22N2O5. The second-order valence-corrected chi connectivity index (χ2v) is 9.08. The molecular weight excluding hydrogens is 456 g/mol. The molecule has 2 aromatic carbocycles. The molecule has 6 rings (SSSR count). The van der Waals surface area contributed by atoms with E-state index in [1.54, 1.807) is 35.8 Å². The fourth-order valence-corrected chi connectivity index (χ4v) is 5.03. The first kappa shape index (κ1) is 22.1. The standard InChI is InChI=1S/C29H22N2O5/c1-2-29(35)22-14-23-26-20(15-31(23)27(33)21(22)16-36-28(29)34)13-19-10-6-9-18(25(19)30-26)11-12-24(32)17-7-4-3-5-8-17/h3-14,35H,2,15-16H2,1H3/t29-/m0/s1. The van der Waals surface area contributed by atoms with Gasteiger partial charge in [0.1, 0.15) is 6.61 Å². The van der Waals surface area contributed by atoms with E-state index in [2.05, 4.69) is 0 Å². The number of hydrogen-bond donors (Lipinski definition) is 1. The van der Waals surface area contributed by atoms with Crippen LogP contribution < -0.4 is 5.56 Å². The maximum absolute atomic E-state index is 13.3. The summed E-state index contributed by atoms with van der Waals surface area (Å²) < 4.78 is 6.74. The van der Waals surface area contributed by atoms with Gasteiger partial charge < -0.3 is 14.4 Å². The summed E-state index contributed by atoms with van der Waals surface area (Å²) in [6, 6.07) is 18.5. The van der Waals surface area contributed by atoms with Gasteiger partial charge in [0.05, 0.1) is 29.0 Å². The summed E-state index contributed by atoms with van der Waals surface area (Å²) >= 11 is 0. The van der Waals surface area contributed by atoms with Crippen LogP contribution in [-0.4, -0.2) is 26.4 Å². The molecule has 2 aromatic heterocycles. The third-order valence-corrected chi connectivity index (χ3v) is 7.04. The van der Waals surface area contributed by atoms with Crippen molar-refractivity contribution in [2.75, 3.05) is 0 Å². The fourth-order valence-electron chi connectivity index (χ4n) is 5.03. The minimum atomic E-state index is -1.87. The Morgan fingerprint density at radius 1 is 1.14 bits per heavy atom. The molecule has 0 amide bonds. The number of para-hydroxylation sites is 1. The van der Waals surface area contributed by atoms with Crippen molar-refractivity contribution in [3.8, 4) is 11.4 Å². The zero-order valence-electron chi connectivity index (χ0n) is 19.5. The first-order valence-electron chi connectivity index (χ1n) is 11.8. The monoisotopic (exact) mass is 478 g/mol. The molecule has 0 spiro atoms. The van der Waals surface area contributed by atoms with Gasteiger partial charge in [-0.15, -0.1) is 0 Å². The number of carbonyl (C=O) groups excluding carboxylic acids is 2. The summed E-state index contributed by atoms with van der Waals surface area (Å²) in [5, 5.41) is 11.9. The molecule has 4 aromatic rings. The Morgan fingerprint density at radius 3 is 2.72 bits per heavy atom. The molecule has 0 aliphatic carbocycles. The van der Waals surface area contributed by atoms with Crippen molar-refractivity contribution in [3.05, 3.63) is 105 Å². The van der Waals surface area contributed by atoms with Crippen LogP contribution >= 0.6 is 0 Å². The van der Waals surface area contributed by atoms with Crippen LogP contribution in [0.3, 0.4) is 0 Å². The third-order valence-electron chi connectivity index (χ3n) is 7.04. The molecule has 0 unspecified atom stereocenters. The van der Waals surface area contributed by atoms with E-state index in [1.807, 2.05) is 42.5 Å². The van der Waals surface area contributed by atoms with E-state index < -0.39 is 11.6 Å². The van der Waals surface area contributed by atoms with Crippen LogP contribution in [-0.2, 0) is 28.3 Å². The normalized spacial score (nSPS) is 18.1. The van der Waals surface area contributed by atoms with Gasteiger partial charge in [-0.3, -0.25) is 9.59 Å². The number of cyclic esters (lactones) is 1. The van der Waals surface area contributed by atoms with Gasteiger partial charge in [0, 0.05) is 27.6 Å². The van der Waals surface area contributed by atoms with Gasteiger partial charge in [0.25, 0.3) is 5.56 Å². The first-order chi connectivity index (χ1) is 17.4. The van der Waals surface area contributed by atoms with Gasteiger partial charge in [-0.1, -0.05) is 55.5 Å². The van der Waals surface area contributed by atoms with Crippen molar-refractivity contribution >= 4 is 28.7 Å². The van der Waals surface area contributed by atoms with E-state index in [-0.39, 0.29) is 29.9 Å². The molecule has 0 saturated carbocycles. The highest BCUT2D eigenvalue weighted by molar-refractivity contribution is 6.07. The number of esters is 1. The minimum absolute atomic E-state index is 0.0874. The number of ketones is 1. The summed E-state index contributed by atoms with van der Waals surface area (Å²) in [5.74, 6) is -0.856. The molecule has 2 aliphatic heterocycles. The highest BCUT2D eigenvalue weighted by atomic mass is 16.6. The summed E-state index contributed by atoms with van der Waals surface area (Å²) in [7, 11) is 0. The van der Waals surface area contributed by atoms with E-state index in [1.165, 1.54) is 6.08 Å². The summed E-state index contributed by atoms with van der Waals surface area (Å²) in [5.41, 5.74) is 2.52. The first-order valence-corrected chi connectivity index (χ1v) is 11.8. The van der Waals surface area contributed by atoms with Gasteiger partial charge in [0.15, 0.2) is 11.4 Å². The molecule has 36 heavy (non-hydrogen) atoms. The maximum atomic E-state index is 13.3. The molecule has 7 heteroatoms. The van der Waals surface area contributed by atoms with Crippen molar-refractivity contribution in [1.82, 2.24) is 9.55 Å². The largest absolute Gasteiger partial charge is 0.458 e. The lowest BCUT2D eigenvalue weighted by atomic mass is 9.86. The number of fused-ring (bicyclic) bond motifs is 5. The summed E-state index contributed by atoms with van der Waals surface area (Å²) in [6.45, 7) is 1.85. The van der Waals surface area contributed by atoms with Gasteiger partial charge in [-0.2, -0.15) is 0 Å². The van der Waals surface area contributed by atoms with Crippen molar-refractivity contribution < 1.29 is 19.4 Å². The Labute approximate surface area is 206 Å². The SMILES string of the molecule is CC[C@@]1(O)C(=O)OCc2c1cc1n(c2=O)Cc2cc3cccc(C=CC(=O)c4ccccc4)c3nc2-1.